The summed E-state index contributed by atoms with van der Waals surface area (Å²) in [5.74, 6) is 1.38. The smallest absolute Gasteiger partial charge is 0.0180 e. The summed E-state index contributed by atoms with van der Waals surface area (Å²) in [7, 11) is 3.29. The fourth-order valence-electron chi connectivity index (χ4n) is 6.02. The Labute approximate surface area is 190 Å². The fourth-order valence-corrected chi connectivity index (χ4v) is 10.5. The summed E-state index contributed by atoms with van der Waals surface area (Å²) >= 11 is 0. The molecule has 1 aromatic carbocycles. The monoisotopic (exact) mass is 448 g/mol. The lowest BCUT2D eigenvalue weighted by Gasteiger charge is -2.49. The van der Waals surface area contributed by atoms with Crippen molar-refractivity contribution in [3.8, 4) is 0 Å². The van der Waals surface area contributed by atoms with Gasteiger partial charge in [-0.2, -0.15) is 0 Å². The summed E-state index contributed by atoms with van der Waals surface area (Å²) in [6.07, 6.45) is 6.53. The first kappa shape index (κ1) is 24.6. The van der Waals surface area contributed by atoms with E-state index >= 15 is 0 Å². The molecule has 0 spiro atoms. The zero-order chi connectivity index (χ0) is 22.0. The third kappa shape index (κ3) is 5.49. The lowest BCUT2D eigenvalue weighted by molar-refractivity contribution is 0.193. The van der Waals surface area contributed by atoms with Gasteiger partial charge in [-0.25, -0.2) is 0 Å². The van der Waals surface area contributed by atoms with Gasteiger partial charge >= 0.3 is 0 Å². The Hall–Kier alpha value is -0.0000000000000000416. The largest absolute Gasteiger partial charge is 0.316 e. The summed E-state index contributed by atoms with van der Waals surface area (Å²) in [5.41, 5.74) is 3.23. The van der Waals surface area contributed by atoms with Gasteiger partial charge in [0.15, 0.2) is 0 Å². The summed E-state index contributed by atoms with van der Waals surface area (Å²) in [6, 6.07) is 9.50. The second kappa shape index (κ2) is 9.87. The molecule has 2 aliphatic rings. The zero-order valence-corrected chi connectivity index (χ0v) is 22.4. The second-order valence-electron chi connectivity index (χ2n) is 11.6. The molecule has 2 saturated heterocycles. The molecule has 2 nitrogen and oxygen atoms in total. The molecule has 3 rings (SSSR count). The molecule has 170 valence electrons. The molecule has 2 fully saturated rings. The van der Waals surface area contributed by atoms with Crippen LogP contribution < -0.4 is 10.6 Å². The van der Waals surface area contributed by atoms with Crippen LogP contribution in [0.4, 0.5) is 0 Å². The highest BCUT2D eigenvalue weighted by Gasteiger charge is 2.45. The maximum atomic E-state index is 3.73. The molecule has 0 radical (unpaired) electrons. The lowest BCUT2D eigenvalue weighted by Crippen LogP contribution is -2.49. The van der Waals surface area contributed by atoms with E-state index in [-0.39, 0.29) is 13.1 Å². The van der Waals surface area contributed by atoms with Crippen molar-refractivity contribution in [3.63, 3.8) is 0 Å². The predicted molar refractivity (Wildman–Crippen MR) is 139 cm³/mol. The number of rotatable bonds is 5. The summed E-state index contributed by atoms with van der Waals surface area (Å²) in [6.45, 7) is 19.4. The minimum atomic E-state index is -0.158. The maximum absolute atomic E-state index is 3.73. The zero-order valence-electron chi connectivity index (χ0n) is 20.4. The van der Waals surface area contributed by atoms with Gasteiger partial charge in [0, 0.05) is 5.16 Å². The van der Waals surface area contributed by atoms with Crippen molar-refractivity contribution in [2.75, 3.05) is 26.2 Å². The summed E-state index contributed by atoms with van der Waals surface area (Å²) in [4.78, 5) is 0. The van der Waals surface area contributed by atoms with E-state index in [0.29, 0.717) is 22.1 Å². The van der Waals surface area contributed by atoms with E-state index in [4.69, 9.17) is 0 Å². The highest BCUT2D eigenvalue weighted by molar-refractivity contribution is 7.60. The van der Waals surface area contributed by atoms with E-state index in [1.54, 1.807) is 11.1 Å². The number of benzene rings is 1. The van der Waals surface area contributed by atoms with Crippen LogP contribution >= 0.6 is 17.2 Å². The molecule has 0 saturated carbocycles. The van der Waals surface area contributed by atoms with Crippen molar-refractivity contribution in [2.45, 2.75) is 88.9 Å². The normalized spacial score (nSPS) is 25.9. The number of hydrogen-bond acceptors (Lipinski definition) is 2. The molecular weight excluding hydrogens is 402 g/mol. The van der Waals surface area contributed by atoms with Crippen molar-refractivity contribution in [2.24, 2.45) is 11.8 Å². The molecule has 1 aromatic rings. The second-order valence-corrected chi connectivity index (χ2v) is 16.4. The fraction of sp³-hybridized carbons (Fsp3) is 0.769. The summed E-state index contributed by atoms with van der Waals surface area (Å²) in [5, 5.41) is 8.32. The quantitative estimate of drug-likeness (QED) is 0.514. The van der Waals surface area contributed by atoms with Crippen LogP contribution in [-0.2, 0) is 11.3 Å². The first-order chi connectivity index (χ1) is 14.0. The average Bonchev–Trinajstić information content (AvgIpc) is 2.71. The van der Waals surface area contributed by atoms with Crippen molar-refractivity contribution >= 4 is 17.2 Å². The van der Waals surface area contributed by atoms with E-state index < -0.39 is 0 Å². The maximum Gasteiger partial charge on any atom is 0.0180 e. The first-order valence-corrected chi connectivity index (χ1v) is 14.2. The van der Waals surface area contributed by atoms with E-state index in [9.17, 15) is 0 Å². The molecule has 0 aromatic heterocycles. The lowest BCUT2D eigenvalue weighted by atomic mass is 9.69. The molecular formula is C26H46N2P2. The number of nitrogens with one attached hydrogen (secondary N) is 2. The minimum absolute atomic E-state index is 0.158. The Bertz CT molecular complexity index is 645. The molecule has 0 bridgehead atoms. The Morgan fingerprint density at radius 2 is 1.37 bits per heavy atom. The van der Waals surface area contributed by atoms with E-state index in [2.05, 4.69) is 85.7 Å². The third-order valence-electron chi connectivity index (χ3n) is 7.38. The number of piperidine rings is 2. The van der Waals surface area contributed by atoms with Crippen LogP contribution in [0.2, 0.25) is 0 Å². The molecule has 0 aliphatic carbocycles. The molecule has 2 aliphatic heterocycles. The van der Waals surface area contributed by atoms with Crippen molar-refractivity contribution in [1.82, 2.24) is 10.6 Å². The molecule has 30 heavy (non-hydrogen) atoms. The molecule has 3 unspecified atom stereocenters. The van der Waals surface area contributed by atoms with Gasteiger partial charge in [0.1, 0.15) is 0 Å². The van der Waals surface area contributed by atoms with Crippen molar-refractivity contribution < 1.29 is 0 Å². The van der Waals surface area contributed by atoms with Crippen LogP contribution in [0, 0.1) is 11.8 Å². The highest BCUT2D eigenvalue weighted by Crippen LogP contribution is 2.62. The first-order valence-electron chi connectivity index (χ1n) is 12.1. The SMILES string of the molecule is CC(C)(C)P(Cc1ccccc1C(P)(C1CCCNC1)C1CCCNC1)C(C)(C)C. The van der Waals surface area contributed by atoms with Crippen LogP contribution in [0.3, 0.4) is 0 Å². The topological polar surface area (TPSA) is 24.1 Å². The molecule has 0 amide bonds. The van der Waals surface area contributed by atoms with Gasteiger partial charge in [-0.1, -0.05) is 73.7 Å². The van der Waals surface area contributed by atoms with Crippen LogP contribution in [0.1, 0.15) is 78.4 Å². The van der Waals surface area contributed by atoms with Gasteiger partial charge in [-0.05, 0) is 91.3 Å². The Kier molecular flexibility index (Phi) is 8.10. The Morgan fingerprint density at radius 3 is 1.80 bits per heavy atom. The van der Waals surface area contributed by atoms with Gasteiger partial charge in [0.25, 0.3) is 0 Å². The van der Waals surface area contributed by atoms with Crippen LogP contribution in [0.15, 0.2) is 24.3 Å². The van der Waals surface area contributed by atoms with Gasteiger partial charge in [0.05, 0.1) is 0 Å². The van der Waals surface area contributed by atoms with Gasteiger partial charge in [-0.3, -0.25) is 0 Å². The highest BCUT2D eigenvalue weighted by atomic mass is 31.1. The predicted octanol–water partition coefficient (Wildman–Crippen LogP) is 6.34. The third-order valence-corrected chi connectivity index (χ3v) is 12.5. The Morgan fingerprint density at radius 1 is 0.867 bits per heavy atom. The standard InChI is InChI=1S/C26H46N2P2/c1-24(2,3)30(25(4,5)6)19-20-11-7-8-14-23(20)26(29,21-12-9-15-27-17-21)22-13-10-16-28-18-22/h7-8,11,14,21-22,27-28H,9-10,12-13,15-19,29H2,1-6H3. The molecule has 2 heterocycles. The summed E-state index contributed by atoms with van der Waals surface area (Å²) < 4.78 is 0. The molecule has 3 atom stereocenters. The van der Waals surface area contributed by atoms with Gasteiger partial charge in [0.2, 0.25) is 0 Å². The van der Waals surface area contributed by atoms with Crippen LogP contribution in [-0.4, -0.2) is 36.5 Å². The van der Waals surface area contributed by atoms with Crippen LogP contribution in [0.5, 0.6) is 0 Å². The van der Waals surface area contributed by atoms with Gasteiger partial charge in [-0.15, -0.1) is 9.24 Å². The average molecular weight is 449 g/mol. The minimum Gasteiger partial charge on any atom is -0.316 e. The number of hydrogen-bond donors (Lipinski definition) is 2. The van der Waals surface area contributed by atoms with E-state index in [0.717, 1.165) is 13.1 Å². The van der Waals surface area contributed by atoms with Gasteiger partial charge < -0.3 is 10.6 Å². The Balaban J connectivity index is 2.04. The molecule has 4 heteroatoms. The van der Waals surface area contributed by atoms with E-state index in [1.165, 1.54) is 44.9 Å². The van der Waals surface area contributed by atoms with E-state index in [1.807, 2.05) is 0 Å². The van der Waals surface area contributed by atoms with Crippen molar-refractivity contribution in [3.05, 3.63) is 35.4 Å². The van der Waals surface area contributed by atoms with Crippen molar-refractivity contribution in [1.29, 1.82) is 0 Å². The molecule has 2 N–H and O–H groups in total. The van der Waals surface area contributed by atoms with Crippen LogP contribution in [0.25, 0.3) is 0 Å².